The Hall–Kier alpha value is -2.14. The second kappa shape index (κ2) is 12.8. The molecule has 3 N–H and O–H groups in total. The third kappa shape index (κ3) is 6.52. The predicted octanol–water partition coefficient (Wildman–Crippen LogP) is 3.17. The van der Waals surface area contributed by atoms with Crippen molar-refractivity contribution in [2.24, 2.45) is 5.92 Å². The van der Waals surface area contributed by atoms with E-state index in [0.717, 1.165) is 36.1 Å². The molecule has 7 nitrogen and oxygen atoms in total. The van der Waals surface area contributed by atoms with Crippen molar-refractivity contribution in [2.45, 2.75) is 50.0 Å². The number of hydrogen-bond donors (Lipinski definition) is 3. The third-order valence-corrected chi connectivity index (χ3v) is 7.72. The highest BCUT2D eigenvalue weighted by Gasteiger charge is 2.50. The first-order chi connectivity index (χ1) is 18.3. The summed E-state index contributed by atoms with van der Waals surface area (Å²) in [6, 6.07) is 9.29. The van der Waals surface area contributed by atoms with Gasteiger partial charge >= 0.3 is 0 Å². The maximum atomic E-state index is 14.4. The minimum absolute atomic E-state index is 0.0359. The van der Waals surface area contributed by atoms with Gasteiger partial charge in [0.15, 0.2) is 11.6 Å². The summed E-state index contributed by atoms with van der Waals surface area (Å²) in [5, 5.41) is 23.2. The van der Waals surface area contributed by atoms with Crippen molar-refractivity contribution in [3.8, 4) is 0 Å². The maximum absolute atomic E-state index is 14.4. The molecule has 2 aromatic rings. The highest BCUT2D eigenvalue weighted by molar-refractivity contribution is 6.31. The normalized spacial score (nSPS) is 22.3. The smallest absolute Gasteiger partial charge is 0.230 e. The van der Waals surface area contributed by atoms with Gasteiger partial charge in [-0.2, -0.15) is 0 Å². The fourth-order valence-electron chi connectivity index (χ4n) is 5.09. The Bertz CT molecular complexity index is 1120. The topological polar surface area (TPSA) is 91.3 Å². The second-order valence-electron chi connectivity index (χ2n) is 10.0. The van der Waals surface area contributed by atoms with Crippen LogP contribution in [-0.4, -0.2) is 73.2 Å². The summed E-state index contributed by atoms with van der Waals surface area (Å²) in [6.45, 7) is 0.778. The zero-order valence-electron chi connectivity index (χ0n) is 21.5. The summed E-state index contributed by atoms with van der Waals surface area (Å²) < 4.78 is 39.6. The van der Waals surface area contributed by atoms with Crippen LogP contribution in [0.3, 0.4) is 0 Å². The van der Waals surface area contributed by atoms with Crippen molar-refractivity contribution < 1.29 is 33.3 Å². The SMILES string of the molecule is COCCc1ccc(Cl)c(CN(C(=O)C2CNCCC2(OCC(O)CO)c2ccc(F)c(F)c2)C2CC2)c1. The fourth-order valence-corrected chi connectivity index (χ4v) is 5.26. The molecule has 10 heteroatoms. The molecule has 3 atom stereocenters. The zero-order chi connectivity index (χ0) is 27.3. The van der Waals surface area contributed by atoms with E-state index >= 15 is 0 Å². The van der Waals surface area contributed by atoms with Gasteiger partial charge in [-0.15, -0.1) is 0 Å². The summed E-state index contributed by atoms with van der Waals surface area (Å²) in [7, 11) is 1.64. The van der Waals surface area contributed by atoms with Gasteiger partial charge in [-0.3, -0.25) is 4.79 Å². The Kier molecular flexibility index (Phi) is 9.73. The molecule has 38 heavy (non-hydrogen) atoms. The van der Waals surface area contributed by atoms with Gasteiger partial charge in [0.1, 0.15) is 11.7 Å². The van der Waals surface area contributed by atoms with Gasteiger partial charge in [0.05, 0.1) is 25.7 Å². The Morgan fingerprint density at radius 3 is 2.71 bits per heavy atom. The molecule has 1 heterocycles. The van der Waals surface area contributed by atoms with E-state index < -0.39 is 35.9 Å². The summed E-state index contributed by atoms with van der Waals surface area (Å²) in [6.07, 6.45) is 1.53. The van der Waals surface area contributed by atoms with Gasteiger partial charge in [0.2, 0.25) is 5.91 Å². The average Bonchev–Trinajstić information content (AvgIpc) is 3.77. The zero-order valence-corrected chi connectivity index (χ0v) is 22.2. The first kappa shape index (κ1) is 28.9. The molecule has 2 aliphatic rings. The van der Waals surface area contributed by atoms with E-state index in [9.17, 15) is 23.8 Å². The molecule has 1 saturated heterocycles. The number of hydrogen-bond acceptors (Lipinski definition) is 6. The molecular weight excluding hydrogens is 518 g/mol. The van der Waals surface area contributed by atoms with Crippen molar-refractivity contribution in [1.29, 1.82) is 0 Å². The molecule has 1 aliphatic heterocycles. The molecule has 1 saturated carbocycles. The minimum Gasteiger partial charge on any atom is -0.394 e. The minimum atomic E-state index is -1.33. The van der Waals surface area contributed by atoms with Crippen molar-refractivity contribution in [3.63, 3.8) is 0 Å². The lowest BCUT2D eigenvalue weighted by atomic mass is 9.75. The van der Waals surface area contributed by atoms with Crippen LogP contribution in [0, 0.1) is 17.6 Å². The number of ether oxygens (including phenoxy) is 2. The summed E-state index contributed by atoms with van der Waals surface area (Å²) in [4.78, 5) is 16.1. The third-order valence-electron chi connectivity index (χ3n) is 7.35. The molecule has 4 rings (SSSR count). The lowest BCUT2D eigenvalue weighted by Gasteiger charge is -2.45. The first-order valence-electron chi connectivity index (χ1n) is 12.9. The van der Waals surface area contributed by atoms with Crippen molar-refractivity contribution >= 4 is 17.5 Å². The molecule has 2 fully saturated rings. The molecule has 0 spiro atoms. The summed E-state index contributed by atoms with van der Waals surface area (Å²) >= 11 is 6.54. The number of carbonyl (C=O) groups excluding carboxylic acids is 1. The number of nitrogens with one attached hydrogen (secondary N) is 1. The van der Waals surface area contributed by atoms with E-state index in [2.05, 4.69) is 5.32 Å². The van der Waals surface area contributed by atoms with Gasteiger partial charge in [-0.25, -0.2) is 8.78 Å². The van der Waals surface area contributed by atoms with E-state index in [1.54, 1.807) is 12.0 Å². The molecule has 208 valence electrons. The predicted molar refractivity (Wildman–Crippen MR) is 139 cm³/mol. The molecule has 1 amide bonds. The van der Waals surface area contributed by atoms with Gasteiger partial charge < -0.3 is 29.9 Å². The summed E-state index contributed by atoms with van der Waals surface area (Å²) in [5.41, 5.74) is 0.854. The van der Waals surface area contributed by atoms with Gasteiger partial charge in [0, 0.05) is 31.3 Å². The van der Waals surface area contributed by atoms with E-state index in [1.807, 2.05) is 18.2 Å². The number of methoxy groups -OCH3 is 1. The lowest BCUT2D eigenvalue weighted by molar-refractivity contribution is -0.167. The van der Waals surface area contributed by atoms with Crippen LogP contribution in [0.2, 0.25) is 5.02 Å². The number of rotatable bonds is 12. The van der Waals surface area contributed by atoms with E-state index in [-0.39, 0.29) is 25.1 Å². The maximum Gasteiger partial charge on any atom is 0.230 e. The van der Waals surface area contributed by atoms with Crippen LogP contribution in [0.1, 0.15) is 36.0 Å². The van der Waals surface area contributed by atoms with Gasteiger partial charge in [0.25, 0.3) is 0 Å². The van der Waals surface area contributed by atoms with Crippen molar-refractivity contribution in [1.82, 2.24) is 10.2 Å². The van der Waals surface area contributed by atoms with Crippen molar-refractivity contribution in [2.75, 3.05) is 40.0 Å². The molecule has 0 radical (unpaired) electrons. The number of piperidine rings is 1. The van der Waals surface area contributed by atoms with E-state index in [4.69, 9.17) is 21.1 Å². The Labute approximate surface area is 226 Å². The van der Waals surface area contributed by atoms with Crippen LogP contribution in [0.25, 0.3) is 0 Å². The average molecular weight is 553 g/mol. The van der Waals surface area contributed by atoms with Crippen LogP contribution < -0.4 is 5.32 Å². The Morgan fingerprint density at radius 1 is 1.24 bits per heavy atom. The highest BCUT2D eigenvalue weighted by atomic mass is 35.5. The van der Waals surface area contributed by atoms with E-state index in [0.29, 0.717) is 43.1 Å². The summed E-state index contributed by atoms with van der Waals surface area (Å²) in [5.74, 6) is -3.03. The number of amides is 1. The largest absolute Gasteiger partial charge is 0.394 e. The standard InChI is InChI=1S/C28H35ClF2N2O5/c1-37-11-8-18-2-6-24(29)19(12-18)15-33(21-4-5-21)27(36)23-14-32-10-9-28(23,38-17-22(35)16-34)20-3-7-25(30)26(31)13-20/h2-3,6-7,12-13,21-23,32,34-35H,4-5,8-11,14-17H2,1H3. The van der Waals surface area contributed by atoms with Crippen LogP contribution in [0.5, 0.6) is 0 Å². The molecular formula is C28H35ClF2N2O5. The van der Waals surface area contributed by atoms with E-state index in [1.165, 1.54) is 6.07 Å². The number of aliphatic hydroxyl groups is 2. The fraction of sp³-hybridized carbons (Fsp3) is 0.536. The van der Waals surface area contributed by atoms with Gasteiger partial charge in [-0.05, 0) is 67.1 Å². The molecule has 1 aliphatic carbocycles. The van der Waals surface area contributed by atoms with Crippen molar-refractivity contribution in [3.05, 3.63) is 69.7 Å². The number of aliphatic hydroxyl groups excluding tert-OH is 2. The van der Waals surface area contributed by atoms with Crippen LogP contribution in [0.15, 0.2) is 36.4 Å². The molecule has 3 unspecified atom stereocenters. The molecule has 2 aromatic carbocycles. The van der Waals surface area contributed by atoms with Crippen LogP contribution in [0.4, 0.5) is 8.78 Å². The number of carbonyl (C=O) groups is 1. The lowest BCUT2D eigenvalue weighted by Crippen LogP contribution is -2.57. The second-order valence-corrected chi connectivity index (χ2v) is 10.4. The number of benzene rings is 2. The van der Waals surface area contributed by atoms with Crippen LogP contribution >= 0.6 is 11.6 Å². The molecule has 0 bridgehead atoms. The molecule has 0 aromatic heterocycles. The van der Waals surface area contributed by atoms with Gasteiger partial charge in [-0.1, -0.05) is 29.8 Å². The van der Waals surface area contributed by atoms with Crippen LogP contribution in [-0.2, 0) is 32.8 Å². The number of halogens is 3. The number of nitrogens with zero attached hydrogens (tertiary/aromatic N) is 1. The first-order valence-corrected chi connectivity index (χ1v) is 13.3. The monoisotopic (exact) mass is 552 g/mol. The Morgan fingerprint density at radius 2 is 2.03 bits per heavy atom. The highest BCUT2D eigenvalue weighted by Crippen LogP contribution is 2.43. The quantitative estimate of drug-likeness (QED) is 0.375. The Balaban J connectivity index is 1.68.